The number of aromatic nitrogens is 2. The van der Waals surface area contributed by atoms with Crippen molar-refractivity contribution < 1.29 is 14.4 Å². The molecule has 1 heterocycles. The first-order valence-electron chi connectivity index (χ1n) is 5.00. The third-order valence-electron chi connectivity index (χ3n) is 2.21. The zero-order chi connectivity index (χ0) is 10.7. The summed E-state index contributed by atoms with van der Waals surface area (Å²) in [7, 11) is 0. The molecule has 0 spiro atoms. The van der Waals surface area contributed by atoms with Gasteiger partial charge in [0.15, 0.2) is 5.82 Å². The molecular formula is C9H13N3O3. The summed E-state index contributed by atoms with van der Waals surface area (Å²) in [6.45, 7) is 0.881. The van der Waals surface area contributed by atoms with Gasteiger partial charge in [0.05, 0.1) is 13.0 Å². The molecule has 0 unspecified atom stereocenters. The number of nitrogens with zero attached hydrogens (tertiary/aromatic N) is 2. The van der Waals surface area contributed by atoms with Gasteiger partial charge in [0.2, 0.25) is 5.89 Å². The Balaban J connectivity index is 1.71. The summed E-state index contributed by atoms with van der Waals surface area (Å²) in [5.74, 6) is 0.965. The lowest BCUT2D eigenvalue weighted by molar-refractivity contribution is -0.136. The van der Waals surface area contributed by atoms with Crippen LogP contribution in [0.4, 0.5) is 0 Å². The molecule has 0 radical (unpaired) electrons. The largest absolute Gasteiger partial charge is 0.481 e. The first kappa shape index (κ1) is 10.1. The standard InChI is InChI=1S/C9H13N3O3/c13-8(14)3-4-10-5-7-11-9(15-12-7)6-1-2-6/h6,10H,1-5H2,(H,13,14). The van der Waals surface area contributed by atoms with Gasteiger partial charge >= 0.3 is 5.97 Å². The zero-order valence-corrected chi connectivity index (χ0v) is 8.27. The van der Waals surface area contributed by atoms with Gasteiger partial charge in [0, 0.05) is 12.5 Å². The minimum atomic E-state index is -0.811. The first-order valence-corrected chi connectivity index (χ1v) is 5.00. The number of aliphatic carboxylic acids is 1. The number of carbonyl (C=O) groups is 1. The van der Waals surface area contributed by atoms with Crippen LogP contribution in [0.2, 0.25) is 0 Å². The molecule has 0 atom stereocenters. The number of carboxylic acid groups (broad SMARTS) is 1. The molecule has 1 saturated carbocycles. The van der Waals surface area contributed by atoms with Crippen LogP contribution in [0.1, 0.15) is 36.9 Å². The molecule has 82 valence electrons. The van der Waals surface area contributed by atoms with E-state index in [0.717, 1.165) is 12.8 Å². The lowest BCUT2D eigenvalue weighted by Gasteiger charge is -1.96. The van der Waals surface area contributed by atoms with Crippen LogP contribution >= 0.6 is 0 Å². The maximum absolute atomic E-state index is 10.2. The summed E-state index contributed by atoms with van der Waals surface area (Å²) in [5, 5.41) is 15.1. The van der Waals surface area contributed by atoms with E-state index in [4.69, 9.17) is 9.63 Å². The van der Waals surface area contributed by atoms with Gasteiger partial charge in [-0.2, -0.15) is 4.98 Å². The fraction of sp³-hybridized carbons (Fsp3) is 0.667. The third kappa shape index (κ3) is 3.02. The normalized spacial score (nSPS) is 15.5. The molecule has 0 saturated heterocycles. The van der Waals surface area contributed by atoms with Gasteiger partial charge in [-0.05, 0) is 12.8 Å². The molecule has 1 fully saturated rings. The quantitative estimate of drug-likeness (QED) is 0.666. The summed E-state index contributed by atoms with van der Waals surface area (Å²) >= 11 is 0. The number of hydrogen-bond donors (Lipinski definition) is 2. The Kier molecular flexibility index (Phi) is 2.96. The van der Waals surface area contributed by atoms with Gasteiger partial charge in [-0.15, -0.1) is 0 Å². The fourth-order valence-corrected chi connectivity index (χ4v) is 1.23. The lowest BCUT2D eigenvalue weighted by Crippen LogP contribution is -2.18. The van der Waals surface area contributed by atoms with E-state index in [1.165, 1.54) is 0 Å². The molecule has 0 bridgehead atoms. The molecule has 15 heavy (non-hydrogen) atoms. The maximum atomic E-state index is 10.2. The van der Waals surface area contributed by atoms with Crippen molar-refractivity contribution in [3.8, 4) is 0 Å². The van der Waals surface area contributed by atoms with Gasteiger partial charge in [0.1, 0.15) is 0 Å². The Labute approximate surface area is 86.7 Å². The number of nitrogens with one attached hydrogen (secondary N) is 1. The highest BCUT2D eigenvalue weighted by Gasteiger charge is 2.29. The average Bonchev–Trinajstić information content (AvgIpc) is 2.94. The van der Waals surface area contributed by atoms with Crippen LogP contribution in [0.3, 0.4) is 0 Å². The van der Waals surface area contributed by atoms with Crippen LogP contribution in [0.25, 0.3) is 0 Å². The monoisotopic (exact) mass is 211 g/mol. The van der Waals surface area contributed by atoms with E-state index in [9.17, 15) is 4.79 Å². The van der Waals surface area contributed by atoms with Crippen molar-refractivity contribution in [1.29, 1.82) is 0 Å². The van der Waals surface area contributed by atoms with Crippen molar-refractivity contribution in [2.24, 2.45) is 0 Å². The molecule has 1 aliphatic rings. The molecule has 0 aromatic carbocycles. The first-order chi connectivity index (χ1) is 7.25. The summed E-state index contributed by atoms with van der Waals surface area (Å²) < 4.78 is 5.05. The summed E-state index contributed by atoms with van der Waals surface area (Å²) in [6.07, 6.45) is 2.37. The van der Waals surface area contributed by atoms with E-state index in [2.05, 4.69) is 15.5 Å². The predicted molar refractivity (Wildman–Crippen MR) is 50.2 cm³/mol. The second-order valence-electron chi connectivity index (χ2n) is 3.64. The number of carboxylic acids is 1. The van der Waals surface area contributed by atoms with Crippen LogP contribution in [0.15, 0.2) is 4.52 Å². The third-order valence-corrected chi connectivity index (χ3v) is 2.21. The maximum Gasteiger partial charge on any atom is 0.304 e. The van der Waals surface area contributed by atoms with Gasteiger partial charge in [-0.25, -0.2) is 0 Å². The SMILES string of the molecule is O=C(O)CCNCc1noc(C2CC2)n1. The number of rotatable bonds is 6. The van der Waals surface area contributed by atoms with E-state index < -0.39 is 5.97 Å². The molecule has 1 aromatic rings. The Morgan fingerprint density at radius 3 is 3.07 bits per heavy atom. The Morgan fingerprint density at radius 2 is 2.40 bits per heavy atom. The van der Waals surface area contributed by atoms with Crippen LogP contribution in [-0.4, -0.2) is 27.8 Å². The van der Waals surface area contributed by atoms with Gasteiger partial charge in [0.25, 0.3) is 0 Å². The Bertz CT molecular complexity index is 346. The Hall–Kier alpha value is -1.43. The topological polar surface area (TPSA) is 88.2 Å². The van der Waals surface area contributed by atoms with Gasteiger partial charge in [-0.3, -0.25) is 4.79 Å². The van der Waals surface area contributed by atoms with Crippen molar-refractivity contribution in [3.05, 3.63) is 11.7 Å². The minimum absolute atomic E-state index is 0.104. The highest BCUT2D eigenvalue weighted by molar-refractivity contribution is 5.66. The highest BCUT2D eigenvalue weighted by Crippen LogP contribution is 2.38. The van der Waals surface area contributed by atoms with Crippen LogP contribution in [0.5, 0.6) is 0 Å². The second-order valence-corrected chi connectivity index (χ2v) is 3.64. The lowest BCUT2D eigenvalue weighted by atomic mass is 10.4. The van der Waals surface area contributed by atoms with E-state index in [1.54, 1.807) is 0 Å². The van der Waals surface area contributed by atoms with E-state index in [1.807, 2.05) is 0 Å². The summed E-state index contributed by atoms with van der Waals surface area (Å²) in [6, 6.07) is 0. The molecule has 0 aliphatic heterocycles. The van der Waals surface area contributed by atoms with Crippen molar-refractivity contribution in [1.82, 2.24) is 15.5 Å². The van der Waals surface area contributed by atoms with Crippen molar-refractivity contribution in [2.75, 3.05) is 6.54 Å². The van der Waals surface area contributed by atoms with Crippen molar-refractivity contribution in [3.63, 3.8) is 0 Å². The highest BCUT2D eigenvalue weighted by atomic mass is 16.5. The molecule has 2 rings (SSSR count). The van der Waals surface area contributed by atoms with Gasteiger partial charge < -0.3 is 14.9 Å². The van der Waals surface area contributed by atoms with Gasteiger partial charge in [-0.1, -0.05) is 5.16 Å². The predicted octanol–water partition coefficient (Wildman–Crippen LogP) is 0.511. The number of hydrogen-bond acceptors (Lipinski definition) is 5. The fourth-order valence-electron chi connectivity index (χ4n) is 1.23. The molecule has 2 N–H and O–H groups in total. The zero-order valence-electron chi connectivity index (χ0n) is 8.27. The smallest absolute Gasteiger partial charge is 0.304 e. The molecule has 1 aromatic heterocycles. The van der Waals surface area contributed by atoms with Crippen molar-refractivity contribution in [2.45, 2.75) is 31.7 Å². The summed E-state index contributed by atoms with van der Waals surface area (Å²) in [4.78, 5) is 14.4. The molecule has 6 heteroatoms. The molecular weight excluding hydrogens is 198 g/mol. The average molecular weight is 211 g/mol. The molecule has 6 nitrogen and oxygen atoms in total. The molecule has 0 amide bonds. The van der Waals surface area contributed by atoms with E-state index in [0.29, 0.717) is 30.7 Å². The van der Waals surface area contributed by atoms with E-state index >= 15 is 0 Å². The van der Waals surface area contributed by atoms with Crippen LogP contribution < -0.4 is 5.32 Å². The summed E-state index contributed by atoms with van der Waals surface area (Å²) in [5.41, 5.74) is 0. The second kappa shape index (κ2) is 4.39. The van der Waals surface area contributed by atoms with Crippen LogP contribution in [-0.2, 0) is 11.3 Å². The Morgan fingerprint density at radius 1 is 1.60 bits per heavy atom. The van der Waals surface area contributed by atoms with Crippen LogP contribution in [0, 0.1) is 0 Å². The molecule has 1 aliphatic carbocycles. The van der Waals surface area contributed by atoms with Crippen molar-refractivity contribution >= 4 is 5.97 Å². The minimum Gasteiger partial charge on any atom is -0.481 e. The van der Waals surface area contributed by atoms with E-state index in [-0.39, 0.29) is 6.42 Å².